The van der Waals surface area contributed by atoms with Gasteiger partial charge in [-0.25, -0.2) is 0 Å². The van der Waals surface area contributed by atoms with Crippen molar-refractivity contribution >= 4 is 33.3 Å². The number of ether oxygens (including phenoxy) is 1. The summed E-state index contributed by atoms with van der Waals surface area (Å²) in [7, 11) is 0. The minimum Gasteiger partial charge on any atom is -0.454 e. The van der Waals surface area contributed by atoms with Crippen LogP contribution in [0.5, 0.6) is 11.5 Å². The van der Waals surface area contributed by atoms with Crippen molar-refractivity contribution < 1.29 is 9.53 Å². The molecule has 6 heteroatoms. The maximum atomic E-state index is 12.9. The SMILES string of the molecule is CC1(C)CC(CC(=O)c2ccc(Oc3cc(Br)ccc3C#N)c(Cl)c2)CC(C)(C)N1. The van der Waals surface area contributed by atoms with E-state index in [2.05, 4.69) is 55.0 Å². The van der Waals surface area contributed by atoms with Gasteiger partial charge in [0.2, 0.25) is 0 Å². The van der Waals surface area contributed by atoms with Gasteiger partial charge in [-0.15, -0.1) is 0 Å². The molecule has 2 aromatic rings. The topological polar surface area (TPSA) is 62.1 Å². The number of hydrogen-bond acceptors (Lipinski definition) is 4. The molecule has 1 fully saturated rings. The van der Waals surface area contributed by atoms with E-state index in [4.69, 9.17) is 16.3 Å². The van der Waals surface area contributed by atoms with Gasteiger partial charge in [0, 0.05) is 27.5 Å². The van der Waals surface area contributed by atoms with Gasteiger partial charge in [-0.05, 0) is 82.9 Å². The molecule has 0 aliphatic carbocycles. The predicted octanol–water partition coefficient (Wildman–Crippen LogP) is 6.90. The van der Waals surface area contributed by atoms with Crippen LogP contribution in [0.2, 0.25) is 5.02 Å². The van der Waals surface area contributed by atoms with E-state index >= 15 is 0 Å². The van der Waals surface area contributed by atoms with Crippen LogP contribution in [0.25, 0.3) is 0 Å². The van der Waals surface area contributed by atoms with Gasteiger partial charge in [0.25, 0.3) is 0 Å². The molecule has 3 rings (SSSR count). The predicted molar refractivity (Wildman–Crippen MR) is 123 cm³/mol. The molecule has 1 heterocycles. The molecule has 0 atom stereocenters. The van der Waals surface area contributed by atoms with Crippen molar-refractivity contribution in [3.05, 3.63) is 57.0 Å². The molecule has 4 nitrogen and oxygen atoms in total. The highest BCUT2D eigenvalue weighted by Gasteiger charge is 2.38. The fourth-order valence-corrected chi connectivity index (χ4v) is 5.17. The molecule has 2 aromatic carbocycles. The molecule has 0 saturated carbocycles. The van der Waals surface area contributed by atoms with Crippen molar-refractivity contribution in [3.63, 3.8) is 0 Å². The Balaban J connectivity index is 1.75. The number of piperidine rings is 1. The van der Waals surface area contributed by atoms with E-state index in [0.717, 1.165) is 17.3 Å². The zero-order valence-corrected chi connectivity index (χ0v) is 20.0. The Bertz CT molecular complexity index is 995. The van der Waals surface area contributed by atoms with Crippen LogP contribution < -0.4 is 10.1 Å². The van der Waals surface area contributed by atoms with Crippen LogP contribution in [0, 0.1) is 17.2 Å². The molecule has 1 N–H and O–H groups in total. The summed E-state index contributed by atoms with van der Waals surface area (Å²) in [6.07, 6.45) is 2.41. The normalized spacial score (nSPS) is 17.9. The number of Topliss-reactive ketones (excluding diaryl/α,β-unsaturated/α-hetero) is 1. The molecule has 0 amide bonds. The number of carbonyl (C=O) groups is 1. The minimum atomic E-state index is 0.00441. The van der Waals surface area contributed by atoms with E-state index in [1.54, 1.807) is 36.4 Å². The van der Waals surface area contributed by atoms with Crippen LogP contribution >= 0.6 is 27.5 Å². The van der Waals surface area contributed by atoms with Gasteiger partial charge < -0.3 is 10.1 Å². The van der Waals surface area contributed by atoms with Crippen LogP contribution in [0.15, 0.2) is 40.9 Å². The summed E-state index contributed by atoms with van der Waals surface area (Å²) in [5, 5.41) is 13.3. The first-order valence-corrected chi connectivity index (χ1v) is 11.1. The van der Waals surface area contributed by atoms with Gasteiger partial charge in [-0.3, -0.25) is 4.79 Å². The summed E-state index contributed by atoms with van der Waals surface area (Å²) < 4.78 is 6.65. The largest absolute Gasteiger partial charge is 0.454 e. The third-order valence-electron chi connectivity index (χ3n) is 5.29. The van der Waals surface area contributed by atoms with Crippen LogP contribution in [-0.2, 0) is 0 Å². The summed E-state index contributed by atoms with van der Waals surface area (Å²) in [6, 6.07) is 12.4. The fourth-order valence-electron chi connectivity index (χ4n) is 4.61. The average Bonchev–Trinajstić information content (AvgIpc) is 2.60. The second kappa shape index (κ2) is 8.70. The third kappa shape index (κ3) is 5.63. The Hall–Kier alpha value is -1.87. The quantitative estimate of drug-likeness (QED) is 0.464. The second-order valence-corrected chi connectivity index (χ2v) is 10.6. The lowest BCUT2D eigenvalue weighted by molar-refractivity contribution is 0.0864. The summed E-state index contributed by atoms with van der Waals surface area (Å²) >= 11 is 9.79. The summed E-state index contributed by atoms with van der Waals surface area (Å²) in [4.78, 5) is 12.9. The lowest BCUT2D eigenvalue weighted by Gasteiger charge is -2.46. The molecule has 0 spiro atoms. The van der Waals surface area contributed by atoms with Gasteiger partial charge >= 0.3 is 0 Å². The number of ketones is 1. The molecular weight excluding hydrogens is 464 g/mol. The second-order valence-electron chi connectivity index (χ2n) is 9.29. The molecule has 0 unspecified atom stereocenters. The Kier molecular flexibility index (Phi) is 6.62. The zero-order chi connectivity index (χ0) is 22.1. The average molecular weight is 490 g/mol. The smallest absolute Gasteiger partial charge is 0.163 e. The first kappa shape index (κ1) is 22.8. The molecule has 30 heavy (non-hydrogen) atoms. The number of nitriles is 1. The third-order valence-corrected chi connectivity index (χ3v) is 6.08. The van der Waals surface area contributed by atoms with Crippen LogP contribution in [0.3, 0.4) is 0 Å². The molecule has 0 aromatic heterocycles. The highest BCUT2D eigenvalue weighted by Crippen LogP contribution is 2.37. The molecule has 0 radical (unpaired) electrons. The number of nitrogens with zero attached hydrogens (tertiary/aromatic N) is 1. The molecule has 1 aliphatic rings. The minimum absolute atomic E-state index is 0.00441. The van der Waals surface area contributed by atoms with Crippen molar-refractivity contribution in [2.45, 2.75) is 58.0 Å². The van der Waals surface area contributed by atoms with E-state index in [0.29, 0.717) is 40.0 Å². The standard InChI is InChI=1S/C24H26BrClN2O2/c1-23(2)12-15(13-24(3,4)28-23)9-20(29)16-6-8-21(19(26)10-16)30-22-11-18(25)7-5-17(22)14-27/h5-8,10-11,15,28H,9,12-13H2,1-4H3. The van der Waals surface area contributed by atoms with Gasteiger partial charge in [0.05, 0.1) is 10.6 Å². The Labute approximate surface area is 191 Å². The first-order chi connectivity index (χ1) is 14.0. The molecule has 0 bridgehead atoms. The van der Waals surface area contributed by atoms with E-state index in [1.165, 1.54) is 0 Å². The highest BCUT2D eigenvalue weighted by atomic mass is 79.9. The van der Waals surface area contributed by atoms with Crippen molar-refractivity contribution in [2.24, 2.45) is 5.92 Å². The van der Waals surface area contributed by atoms with E-state index in [9.17, 15) is 10.1 Å². The number of nitrogens with one attached hydrogen (secondary N) is 1. The van der Waals surface area contributed by atoms with Crippen molar-refractivity contribution in [2.75, 3.05) is 0 Å². The van der Waals surface area contributed by atoms with E-state index in [-0.39, 0.29) is 16.9 Å². The Morgan fingerprint density at radius 3 is 2.43 bits per heavy atom. The van der Waals surface area contributed by atoms with Gasteiger partial charge in [0.15, 0.2) is 5.78 Å². The van der Waals surface area contributed by atoms with Crippen LogP contribution in [0.1, 0.15) is 62.9 Å². The van der Waals surface area contributed by atoms with Gasteiger partial charge in [0.1, 0.15) is 17.6 Å². The van der Waals surface area contributed by atoms with E-state index < -0.39 is 0 Å². The monoisotopic (exact) mass is 488 g/mol. The van der Waals surface area contributed by atoms with Crippen molar-refractivity contribution in [1.82, 2.24) is 5.32 Å². The number of hydrogen-bond donors (Lipinski definition) is 1. The van der Waals surface area contributed by atoms with Crippen LogP contribution in [0.4, 0.5) is 0 Å². The number of rotatable bonds is 5. The summed E-state index contributed by atoms with van der Waals surface area (Å²) in [6.45, 7) is 8.75. The number of benzene rings is 2. The van der Waals surface area contributed by atoms with E-state index in [1.807, 2.05) is 0 Å². The fraction of sp³-hybridized carbons (Fsp3) is 0.417. The lowest BCUT2D eigenvalue weighted by Crippen LogP contribution is -2.57. The van der Waals surface area contributed by atoms with Gasteiger partial charge in [-0.1, -0.05) is 27.5 Å². The highest BCUT2D eigenvalue weighted by molar-refractivity contribution is 9.10. The molecule has 1 aliphatic heterocycles. The molecule has 158 valence electrons. The number of carbonyl (C=O) groups excluding carboxylic acids is 1. The maximum Gasteiger partial charge on any atom is 0.163 e. The maximum absolute atomic E-state index is 12.9. The lowest BCUT2D eigenvalue weighted by atomic mass is 9.74. The molecule has 1 saturated heterocycles. The molecular formula is C24H26BrClN2O2. The zero-order valence-electron chi connectivity index (χ0n) is 17.7. The van der Waals surface area contributed by atoms with Gasteiger partial charge in [-0.2, -0.15) is 5.26 Å². The van der Waals surface area contributed by atoms with Crippen molar-refractivity contribution in [1.29, 1.82) is 5.26 Å². The number of halogens is 2. The first-order valence-electron chi connectivity index (χ1n) is 9.98. The Morgan fingerprint density at radius 1 is 1.17 bits per heavy atom. The summed E-state index contributed by atoms with van der Waals surface area (Å²) in [5.74, 6) is 1.22. The van der Waals surface area contributed by atoms with Crippen LogP contribution in [-0.4, -0.2) is 16.9 Å². The Morgan fingerprint density at radius 2 is 1.83 bits per heavy atom. The van der Waals surface area contributed by atoms with Crippen molar-refractivity contribution in [3.8, 4) is 17.6 Å². The summed E-state index contributed by atoms with van der Waals surface area (Å²) in [5.41, 5.74) is 0.997.